The molecule has 6 nitrogen and oxygen atoms in total. The van der Waals surface area contributed by atoms with Gasteiger partial charge in [-0.3, -0.25) is 9.52 Å². The number of hydrogen-bond acceptors (Lipinski definition) is 4. The SMILES string of the molecule is CCC(NC(=O)c1cccc(NS(C)(=O)=O)c1)c1ccc(OC)c(C)c1. The van der Waals surface area contributed by atoms with Crippen molar-refractivity contribution in [2.45, 2.75) is 26.3 Å². The van der Waals surface area contributed by atoms with E-state index in [1.165, 1.54) is 6.07 Å². The molecular formula is C19H24N2O4S. The number of carbonyl (C=O) groups excluding carboxylic acids is 1. The monoisotopic (exact) mass is 376 g/mol. The maximum absolute atomic E-state index is 12.6. The van der Waals surface area contributed by atoms with Crippen LogP contribution in [0.15, 0.2) is 42.5 Å². The summed E-state index contributed by atoms with van der Waals surface area (Å²) in [6.45, 7) is 3.95. The Balaban J connectivity index is 2.19. The highest BCUT2D eigenvalue weighted by molar-refractivity contribution is 7.92. The second-order valence-electron chi connectivity index (χ2n) is 6.12. The number of sulfonamides is 1. The van der Waals surface area contributed by atoms with E-state index in [1.54, 1.807) is 25.3 Å². The number of nitrogens with one attached hydrogen (secondary N) is 2. The fourth-order valence-corrected chi connectivity index (χ4v) is 3.27. The Labute approximate surface area is 154 Å². The minimum atomic E-state index is -3.40. The van der Waals surface area contributed by atoms with Gasteiger partial charge in [0.1, 0.15) is 5.75 Å². The summed E-state index contributed by atoms with van der Waals surface area (Å²) in [5.41, 5.74) is 2.73. The van der Waals surface area contributed by atoms with Crippen LogP contribution >= 0.6 is 0 Å². The number of amides is 1. The Hall–Kier alpha value is -2.54. The Kier molecular flexibility index (Phi) is 6.26. The zero-order chi connectivity index (χ0) is 19.3. The summed E-state index contributed by atoms with van der Waals surface area (Å²) < 4.78 is 30.4. The van der Waals surface area contributed by atoms with Crippen molar-refractivity contribution in [2.24, 2.45) is 0 Å². The summed E-state index contributed by atoms with van der Waals surface area (Å²) in [5.74, 6) is 0.539. The lowest BCUT2D eigenvalue weighted by Crippen LogP contribution is -2.28. The first-order valence-electron chi connectivity index (χ1n) is 8.26. The zero-order valence-corrected chi connectivity index (χ0v) is 16.2. The van der Waals surface area contributed by atoms with Crippen LogP contribution in [-0.2, 0) is 10.0 Å². The molecule has 0 saturated carbocycles. The van der Waals surface area contributed by atoms with E-state index in [4.69, 9.17) is 4.74 Å². The van der Waals surface area contributed by atoms with Crippen molar-refractivity contribution in [1.29, 1.82) is 0 Å². The second-order valence-corrected chi connectivity index (χ2v) is 7.87. The second kappa shape index (κ2) is 8.23. The third kappa shape index (κ3) is 5.23. The highest BCUT2D eigenvalue weighted by Gasteiger charge is 2.16. The van der Waals surface area contributed by atoms with E-state index in [9.17, 15) is 13.2 Å². The molecule has 2 rings (SSSR count). The lowest BCUT2D eigenvalue weighted by atomic mass is 10.0. The first kappa shape index (κ1) is 19.8. The molecule has 0 aliphatic carbocycles. The van der Waals surface area contributed by atoms with Crippen molar-refractivity contribution in [1.82, 2.24) is 5.32 Å². The molecule has 1 atom stereocenters. The lowest BCUT2D eigenvalue weighted by molar-refractivity contribution is 0.0935. The highest BCUT2D eigenvalue weighted by Crippen LogP contribution is 2.24. The predicted molar refractivity (Wildman–Crippen MR) is 103 cm³/mol. The molecule has 0 fully saturated rings. The third-order valence-corrected chi connectivity index (χ3v) is 4.57. The molecule has 0 radical (unpaired) electrons. The number of anilines is 1. The predicted octanol–water partition coefficient (Wildman–Crippen LogP) is 3.26. The normalized spacial score (nSPS) is 12.3. The average molecular weight is 376 g/mol. The van der Waals surface area contributed by atoms with Crippen LogP contribution in [0.2, 0.25) is 0 Å². The molecule has 7 heteroatoms. The van der Waals surface area contributed by atoms with Crippen LogP contribution in [0, 0.1) is 6.92 Å². The molecular weight excluding hydrogens is 352 g/mol. The Morgan fingerprint density at radius 2 is 1.92 bits per heavy atom. The molecule has 0 aliphatic rings. The molecule has 0 bridgehead atoms. The van der Waals surface area contributed by atoms with Crippen LogP contribution in [-0.4, -0.2) is 27.7 Å². The molecule has 0 aromatic heterocycles. The van der Waals surface area contributed by atoms with E-state index in [1.807, 2.05) is 32.0 Å². The van der Waals surface area contributed by atoms with Crippen LogP contribution in [0.25, 0.3) is 0 Å². The van der Waals surface area contributed by atoms with Crippen molar-refractivity contribution in [3.63, 3.8) is 0 Å². The van der Waals surface area contributed by atoms with Gasteiger partial charge in [0.15, 0.2) is 0 Å². The average Bonchev–Trinajstić information content (AvgIpc) is 2.58. The van der Waals surface area contributed by atoms with Gasteiger partial charge in [0.05, 0.1) is 19.4 Å². The molecule has 26 heavy (non-hydrogen) atoms. The van der Waals surface area contributed by atoms with Gasteiger partial charge in [0.2, 0.25) is 10.0 Å². The smallest absolute Gasteiger partial charge is 0.251 e. The van der Waals surface area contributed by atoms with E-state index in [0.717, 1.165) is 29.6 Å². The fourth-order valence-electron chi connectivity index (χ4n) is 2.72. The fraction of sp³-hybridized carbons (Fsp3) is 0.316. The minimum Gasteiger partial charge on any atom is -0.496 e. The molecule has 0 heterocycles. The van der Waals surface area contributed by atoms with Crippen LogP contribution in [0.1, 0.15) is 40.9 Å². The van der Waals surface area contributed by atoms with Crippen molar-refractivity contribution in [3.8, 4) is 5.75 Å². The molecule has 1 unspecified atom stereocenters. The first-order chi connectivity index (χ1) is 12.2. The van der Waals surface area contributed by atoms with E-state index in [2.05, 4.69) is 10.0 Å². The van der Waals surface area contributed by atoms with Gasteiger partial charge in [0.25, 0.3) is 5.91 Å². The zero-order valence-electron chi connectivity index (χ0n) is 15.4. The number of methoxy groups -OCH3 is 1. The summed E-state index contributed by atoms with van der Waals surface area (Å²) in [7, 11) is -1.77. The van der Waals surface area contributed by atoms with Gasteiger partial charge in [0, 0.05) is 11.3 Å². The van der Waals surface area contributed by atoms with Crippen LogP contribution < -0.4 is 14.8 Å². The molecule has 0 saturated heterocycles. The summed E-state index contributed by atoms with van der Waals surface area (Å²) >= 11 is 0. The minimum absolute atomic E-state index is 0.154. The number of benzene rings is 2. The van der Waals surface area contributed by atoms with Gasteiger partial charge in [-0.05, 0) is 48.7 Å². The highest BCUT2D eigenvalue weighted by atomic mass is 32.2. The summed E-state index contributed by atoms with van der Waals surface area (Å²) in [6, 6.07) is 12.1. The standard InChI is InChI=1S/C19H24N2O4S/c1-5-17(14-9-10-18(25-3)13(2)11-14)20-19(22)15-7-6-8-16(12-15)21-26(4,23)24/h6-12,17,21H,5H2,1-4H3,(H,20,22). The van der Waals surface area contributed by atoms with Crippen molar-refractivity contribution in [2.75, 3.05) is 18.1 Å². The summed E-state index contributed by atoms with van der Waals surface area (Å²) in [5, 5.41) is 3.00. The molecule has 2 N–H and O–H groups in total. The first-order valence-corrected chi connectivity index (χ1v) is 10.2. The number of hydrogen-bond donors (Lipinski definition) is 2. The molecule has 0 spiro atoms. The summed E-state index contributed by atoms with van der Waals surface area (Å²) in [4.78, 5) is 12.6. The number of aryl methyl sites for hydroxylation is 1. The maximum Gasteiger partial charge on any atom is 0.251 e. The third-order valence-electron chi connectivity index (χ3n) is 3.96. The van der Waals surface area contributed by atoms with Gasteiger partial charge in [-0.25, -0.2) is 8.42 Å². The van der Waals surface area contributed by atoms with Gasteiger partial charge < -0.3 is 10.1 Å². The van der Waals surface area contributed by atoms with Crippen LogP contribution in [0.5, 0.6) is 5.75 Å². The molecule has 0 aliphatic heterocycles. The number of ether oxygens (including phenoxy) is 1. The Morgan fingerprint density at radius 3 is 2.50 bits per heavy atom. The molecule has 1 amide bonds. The van der Waals surface area contributed by atoms with E-state index in [0.29, 0.717) is 11.3 Å². The molecule has 140 valence electrons. The molecule has 2 aromatic rings. The van der Waals surface area contributed by atoms with Crippen molar-refractivity contribution >= 4 is 21.6 Å². The van der Waals surface area contributed by atoms with Crippen molar-refractivity contribution in [3.05, 3.63) is 59.2 Å². The Bertz CT molecular complexity index is 894. The largest absolute Gasteiger partial charge is 0.496 e. The van der Waals surface area contributed by atoms with Gasteiger partial charge in [-0.2, -0.15) is 0 Å². The number of rotatable bonds is 7. The van der Waals surface area contributed by atoms with Gasteiger partial charge in [-0.1, -0.05) is 25.1 Å². The number of carbonyl (C=O) groups is 1. The summed E-state index contributed by atoms with van der Waals surface area (Å²) in [6.07, 6.45) is 1.79. The van der Waals surface area contributed by atoms with Gasteiger partial charge in [-0.15, -0.1) is 0 Å². The van der Waals surface area contributed by atoms with Crippen LogP contribution in [0.4, 0.5) is 5.69 Å². The molecule has 2 aromatic carbocycles. The quantitative estimate of drug-likeness (QED) is 0.777. The lowest BCUT2D eigenvalue weighted by Gasteiger charge is -2.19. The van der Waals surface area contributed by atoms with Crippen LogP contribution in [0.3, 0.4) is 0 Å². The van der Waals surface area contributed by atoms with E-state index < -0.39 is 10.0 Å². The van der Waals surface area contributed by atoms with E-state index in [-0.39, 0.29) is 11.9 Å². The van der Waals surface area contributed by atoms with E-state index >= 15 is 0 Å². The van der Waals surface area contributed by atoms with Gasteiger partial charge >= 0.3 is 0 Å². The van der Waals surface area contributed by atoms with Crippen molar-refractivity contribution < 1.29 is 17.9 Å². The topological polar surface area (TPSA) is 84.5 Å². The maximum atomic E-state index is 12.6. The Morgan fingerprint density at radius 1 is 1.19 bits per heavy atom.